The van der Waals surface area contributed by atoms with Crippen LogP contribution >= 0.6 is 0 Å². The molecule has 1 aliphatic rings. The van der Waals surface area contributed by atoms with Crippen LogP contribution in [0.3, 0.4) is 0 Å². The molecule has 0 saturated carbocycles. The molecule has 0 radical (unpaired) electrons. The minimum absolute atomic E-state index is 0.00965. The molecule has 3 aromatic rings. The molecule has 2 heterocycles. The number of aryl methyl sites for hydroxylation is 1. The summed E-state index contributed by atoms with van der Waals surface area (Å²) >= 11 is 0. The SMILES string of the molecule is CC(=O)c1ccc(S(=O)(=O)N2CCCCC2C(=O)Nc2ccc(F)c(-n3nnnc3C)c2)cc1. The predicted octanol–water partition coefficient (Wildman–Crippen LogP) is 2.49. The quantitative estimate of drug-likeness (QED) is 0.530. The smallest absolute Gasteiger partial charge is 0.243 e. The van der Waals surface area contributed by atoms with Gasteiger partial charge in [-0.3, -0.25) is 9.59 Å². The number of rotatable bonds is 6. The van der Waals surface area contributed by atoms with Crippen LogP contribution < -0.4 is 5.32 Å². The van der Waals surface area contributed by atoms with E-state index in [2.05, 4.69) is 20.8 Å². The van der Waals surface area contributed by atoms with Gasteiger partial charge in [0.05, 0.1) is 4.90 Å². The van der Waals surface area contributed by atoms with Crippen LogP contribution in [0.4, 0.5) is 10.1 Å². The maximum absolute atomic E-state index is 14.4. The highest BCUT2D eigenvalue weighted by Gasteiger charge is 2.37. The molecule has 1 fully saturated rings. The van der Waals surface area contributed by atoms with Crippen LogP contribution in [-0.2, 0) is 14.8 Å². The van der Waals surface area contributed by atoms with Gasteiger partial charge < -0.3 is 5.32 Å². The molecule has 1 amide bonds. The second-order valence-corrected chi connectivity index (χ2v) is 9.89. The summed E-state index contributed by atoms with van der Waals surface area (Å²) in [5.41, 5.74) is 0.737. The first kappa shape index (κ1) is 23.6. The van der Waals surface area contributed by atoms with Crippen molar-refractivity contribution in [1.29, 1.82) is 0 Å². The summed E-state index contributed by atoms with van der Waals surface area (Å²) in [5.74, 6) is -0.906. The van der Waals surface area contributed by atoms with E-state index in [1.165, 1.54) is 58.4 Å². The van der Waals surface area contributed by atoms with Crippen molar-refractivity contribution in [2.45, 2.75) is 44.0 Å². The normalized spacial score (nSPS) is 16.9. The van der Waals surface area contributed by atoms with Crippen LogP contribution in [-0.4, -0.2) is 57.2 Å². The highest BCUT2D eigenvalue weighted by atomic mass is 32.2. The van der Waals surface area contributed by atoms with Gasteiger partial charge in [0.2, 0.25) is 15.9 Å². The lowest BCUT2D eigenvalue weighted by molar-refractivity contribution is -0.120. The number of carbonyl (C=O) groups is 2. The fourth-order valence-corrected chi connectivity index (χ4v) is 5.54. The van der Waals surface area contributed by atoms with E-state index in [0.29, 0.717) is 30.7 Å². The molecule has 0 spiro atoms. The minimum Gasteiger partial charge on any atom is -0.325 e. The number of sulfonamides is 1. The van der Waals surface area contributed by atoms with Gasteiger partial charge in [0.1, 0.15) is 17.5 Å². The van der Waals surface area contributed by atoms with Crippen LogP contribution in [0.1, 0.15) is 42.4 Å². The van der Waals surface area contributed by atoms with E-state index in [0.717, 1.165) is 0 Å². The zero-order valence-corrected chi connectivity index (χ0v) is 19.4. The Hall–Kier alpha value is -3.51. The Labute approximate surface area is 195 Å². The number of hydrogen-bond donors (Lipinski definition) is 1. The molecule has 34 heavy (non-hydrogen) atoms. The van der Waals surface area contributed by atoms with Gasteiger partial charge in [0, 0.05) is 17.8 Å². The average Bonchev–Trinajstić information content (AvgIpc) is 3.25. The van der Waals surface area contributed by atoms with Crippen LogP contribution in [0, 0.1) is 12.7 Å². The maximum Gasteiger partial charge on any atom is 0.243 e. The third kappa shape index (κ3) is 4.59. The molecule has 1 saturated heterocycles. The van der Waals surface area contributed by atoms with Gasteiger partial charge in [-0.15, -0.1) is 5.10 Å². The first-order chi connectivity index (χ1) is 16.2. The Balaban J connectivity index is 1.59. The fraction of sp³-hybridized carbons (Fsp3) is 0.318. The summed E-state index contributed by atoms with van der Waals surface area (Å²) in [6, 6.07) is 8.67. The van der Waals surface area contributed by atoms with Crippen LogP contribution in [0.25, 0.3) is 5.69 Å². The highest BCUT2D eigenvalue weighted by Crippen LogP contribution is 2.27. The molecular formula is C22H23FN6O4S. The van der Waals surface area contributed by atoms with E-state index in [4.69, 9.17) is 0 Å². The molecule has 12 heteroatoms. The van der Waals surface area contributed by atoms with E-state index in [9.17, 15) is 22.4 Å². The van der Waals surface area contributed by atoms with Crippen molar-refractivity contribution < 1.29 is 22.4 Å². The van der Waals surface area contributed by atoms with Crippen LogP contribution in [0.15, 0.2) is 47.4 Å². The number of ketones is 1. The van der Waals surface area contributed by atoms with Crippen LogP contribution in [0.2, 0.25) is 0 Å². The first-order valence-electron chi connectivity index (χ1n) is 10.7. The highest BCUT2D eigenvalue weighted by molar-refractivity contribution is 7.89. The number of carbonyl (C=O) groups excluding carboxylic acids is 2. The van der Waals surface area contributed by atoms with Crippen molar-refractivity contribution in [1.82, 2.24) is 24.5 Å². The molecule has 4 rings (SSSR count). The summed E-state index contributed by atoms with van der Waals surface area (Å²) in [6.45, 7) is 3.20. The Morgan fingerprint density at radius 3 is 2.50 bits per heavy atom. The van der Waals surface area contributed by atoms with E-state index in [-0.39, 0.29) is 28.6 Å². The largest absolute Gasteiger partial charge is 0.325 e. The number of benzene rings is 2. The Morgan fingerprint density at radius 1 is 1.12 bits per heavy atom. The maximum atomic E-state index is 14.4. The van der Waals surface area contributed by atoms with E-state index >= 15 is 0 Å². The zero-order valence-electron chi connectivity index (χ0n) is 18.6. The zero-order chi connectivity index (χ0) is 24.5. The molecule has 1 atom stereocenters. The van der Waals surface area contributed by atoms with Gasteiger partial charge in [-0.05, 0) is 67.4 Å². The van der Waals surface area contributed by atoms with Crippen molar-refractivity contribution in [3.8, 4) is 5.69 Å². The van der Waals surface area contributed by atoms with Crippen molar-refractivity contribution >= 4 is 27.4 Å². The predicted molar refractivity (Wildman–Crippen MR) is 120 cm³/mol. The van der Waals surface area contributed by atoms with Gasteiger partial charge in [-0.2, -0.15) is 8.99 Å². The van der Waals surface area contributed by atoms with Gasteiger partial charge in [0.15, 0.2) is 11.6 Å². The number of amides is 1. The molecule has 0 bridgehead atoms. The Morgan fingerprint density at radius 2 is 1.85 bits per heavy atom. The van der Waals surface area contributed by atoms with E-state index in [1.54, 1.807) is 6.92 Å². The second kappa shape index (κ2) is 9.39. The Bertz CT molecular complexity index is 1340. The molecule has 10 nitrogen and oxygen atoms in total. The van der Waals surface area contributed by atoms with Crippen molar-refractivity contribution in [2.75, 3.05) is 11.9 Å². The first-order valence-corrected chi connectivity index (χ1v) is 12.1. The third-order valence-electron chi connectivity index (χ3n) is 5.69. The molecular weight excluding hydrogens is 463 g/mol. The van der Waals surface area contributed by atoms with Gasteiger partial charge in [0.25, 0.3) is 0 Å². The average molecular weight is 487 g/mol. The molecule has 2 aromatic carbocycles. The van der Waals surface area contributed by atoms with Gasteiger partial charge >= 0.3 is 0 Å². The van der Waals surface area contributed by atoms with E-state index in [1.807, 2.05) is 0 Å². The molecule has 0 aliphatic carbocycles. The Kier molecular flexibility index (Phi) is 6.53. The molecule has 1 aliphatic heterocycles. The third-order valence-corrected chi connectivity index (χ3v) is 7.61. The standard InChI is InChI=1S/C22H23FN6O4S/c1-14(30)16-6-9-18(10-7-16)34(32,33)28-12-4-3-5-20(28)22(31)24-17-8-11-19(23)21(13-17)29-15(2)25-26-27-29/h6-11,13,20H,3-5,12H2,1-2H3,(H,24,31). The lowest BCUT2D eigenvalue weighted by Gasteiger charge is -2.33. The van der Waals surface area contributed by atoms with Crippen molar-refractivity contribution in [2.24, 2.45) is 0 Å². The molecule has 1 N–H and O–H groups in total. The lowest BCUT2D eigenvalue weighted by Crippen LogP contribution is -2.49. The summed E-state index contributed by atoms with van der Waals surface area (Å²) < 4.78 is 43.4. The number of hydrogen-bond acceptors (Lipinski definition) is 7. The molecule has 178 valence electrons. The second-order valence-electron chi connectivity index (χ2n) is 8.00. The summed E-state index contributed by atoms with van der Waals surface area (Å²) in [4.78, 5) is 24.7. The molecule has 1 unspecified atom stereocenters. The number of halogens is 1. The minimum atomic E-state index is -3.98. The van der Waals surface area contributed by atoms with E-state index < -0.39 is 27.8 Å². The number of aromatic nitrogens is 4. The monoisotopic (exact) mass is 486 g/mol. The molecule has 1 aromatic heterocycles. The number of piperidine rings is 1. The summed E-state index contributed by atoms with van der Waals surface area (Å²) in [7, 11) is -3.98. The number of nitrogens with one attached hydrogen (secondary N) is 1. The summed E-state index contributed by atoms with van der Waals surface area (Å²) in [5, 5.41) is 13.7. The summed E-state index contributed by atoms with van der Waals surface area (Å²) in [6.07, 6.45) is 1.65. The number of anilines is 1. The van der Waals surface area contributed by atoms with Gasteiger partial charge in [-0.1, -0.05) is 18.6 Å². The number of nitrogens with zero attached hydrogens (tertiary/aromatic N) is 5. The topological polar surface area (TPSA) is 127 Å². The van der Waals surface area contributed by atoms with Crippen molar-refractivity contribution in [3.05, 3.63) is 59.7 Å². The number of tetrazole rings is 1. The number of Topliss-reactive ketones (excluding diaryl/α,β-unsaturated/α-hetero) is 1. The van der Waals surface area contributed by atoms with Crippen LogP contribution in [0.5, 0.6) is 0 Å². The van der Waals surface area contributed by atoms with Crippen molar-refractivity contribution in [3.63, 3.8) is 0 Å². The van der Waals surface area contributed by atoms with Gasteiger partial charge in [-0.25, -0.2) is 12.8 Å². The fourth-order valence-electron chi connectivity index (χ4n) is 3.88. The lowest BCUT2D eigenvalue weighted by atomic mass is 10.0.